The fourth-order valence-corrected chi connectivity index (χ4v) is 3.47. The van der Waals surface area contributed by atoms with Gasteiger partial charge in [-0.15, -0.1) is 0 Å². The molecule has 4 N–H and O–H groups in total. The molecule has 5 atom stereocenters. The van der Waals surface area contributed by atoms with Crippen LogP contribution in [0.25, 0.3) is 11.0 Å². The minimum atomic E-state index is -1.77. The van der Waals surface area contributed by atoms with Crippen LogP contribution < -0.4 is 19.8 Å². The van der Waals surface area contributed by atoms with Crippen LogP contribution in [0.3, 0.4) is 0 Å². The highest BCUT2D eigenvalue weighted by Gasteiger charge is 2.45. The molecule has 1 aliphatic heterocycles. The van der Waals surface area contributed by atoms with E-state index in [9.17, 15) is 30.0 Å². The molecule has 0 spiro atoms. The number of carbonyl (C=O) groups excluding carboxylic acids is 1. The van der Waals surface area contributed by atoms with E-state index in [-0.39, 0.29) is 22.3 Å². The van der Waals surface area contributed by atoms with Gasteiger partial charge >= 0.3 is 11.6 Å². The van der Waals surface area contributed by atoms with Crippen LogP contribution in [0.1, 0.15) is 10.4 Å². The normalized spacial score (nSPS) is 24.6. The summed E-state index contributed by atoms with van der Waals surface area (Å²) in [5, 5.41) is 40.1. The van der Waals surface area contributed by atoms with Crippen molar-refractivity contribution in [2.75, 3.05) is 13.7 Å². The first-order valence-corrected chi connectivity index (χ1v) is 10.2. The van der Waals surface area contributed by atoms with E-state index < -0.39 is 54.7 Å². The molecule has 11 heteroatoms. The Kier molecular flexibility index (Phi) is 6.82. The first-order valence-electron chi connectivity index (χ1n) is 10.2. The average molecular weight is 474 g/mol. The van der Waals surface area contributed by atoms with Crippen molar-refractivity contribution in [1.82, 2.24) is 0 Å². The molecule has 0 bridgehead atoms. The second-order valence-electron chi connectivity index (χ2n) is 7.48. The van der Waals surface area contributed by atoms with Crippen molar-refractivity contribution >= 4 is 16.9 Å². The molecule has 3 aromatic rings. The molecule has 0 amide bonds. The predicted molar refractivity (Wildman–Crippen MR) is 115 cm³/mol. The Morgan fingerprint density at radius 1 is 1.00 bits per heavy atom. The van der Waals surface area contributed by atoms with Crippen molar-refractivity contribution in [3.05, 3.63) is 64.5 Å². The minimum Gasteiger partial charge on any atom is -0.497 e. The second kappa shape index (κ2) is 9.79. The summed E-state index contributed by atoms with van der Waals surface area (Å²) in [5.41, 5.74) is -0.899. The van der Waals surface area contributed by atoms with Gasteiger partial charge in [-0.05, 0) is 24.3 Å². The minimum absolute atomic E-state index is 0.0171. The number of esters is 1. The zero-order valence-electron chi connectivity index (χ0n) is 17.9. The highest BCUT2D eigenvalue weighted by Crippen LogP contribution is 2.37. The van der Waals surface area contributed by atoms with Crippen LogP contribution in [0.5, 0.6) is 17.2 Å². The van der Waals surface area contributed by atoms with E-state index in [1.807, 2.05) is 0 Å². The Bertz CT molecular complexity index is 1220. The molecule has 1 fully saturated rings. The van der Waals surface area contributed by atoms with Gasteiger partial charge in [0.05, 0.1) is 24.7 Å². The van der Waals surface area contributed by atoms with Crippen LogP contribution in [-0.4, -0.2) is 70.8 Å². The molecule has 180 valence electrons. The summed E-state index contributed by atoms with van der Waals surface area (Å²) in [6, 6.07) is 12.3. The molecule has 0 saturated carbocycles. The van der Waals surface area contributed by atoms with Crippen molar-refractivity contribution in [3.8, 4) is 17.2 Å². The third-order valence-corrected chi connectivity index (χ3v) is 5.31. The number of fused-ring (bicyclic) bond motifs is 1. The number of carbonyl (C=O) groups is 1. The zero-order valence-corrected chi connectivity index (χ0v) is 17.9. The lowest BCUT2D eigenvalue weighted by molar-refractivity contribution is -0.277. The van der Waals surface area contributed by atoms with Gasteiger partial charge in [-0.2, -0.15) is 0 Å². The van der Waals surface area contributed by atoms with Gasteiger partial charge in [-0.1, -0.05) is 18.2 Å². The molecule has 1 aromatic heterocycles. The fraction of sp³-hybridized carbons (Fsp3) is 0.304. The molecular weight excluding hydrogens is 452 g/mol. The first kappa shape index (κ1) is 23.7. The Hall–Kier alpha value is -3.48. The topological polar surface area (TPSA) is 165 Å². The summed E-state index contributed by atoms with van der Waals surface area (Å²) in [6.45, 7) is -0.685. The van der Waals surface area contributed by atoms with Gasteiger partial charge in [0.2, 0.25) is 6.29 Å². The van der Waals surface area contributed by atoms with Gasteiger partial charge in [0.15, 0.2) is 5.75 Å². The smallest absolute Gasteiger partial charge is 0.383 e. The van der Waals surface area contributed by atoms with Crippen molar-refractivity contribution in [1.29, 1.82) is 0 Å². The van der Waals surface area contributed by atoms with Gasteiger partial charge in [0.25, 0.3) is 5.75 Å². The number of methoxy groups -OCH3 is 1. The highest BCUT2D eigenvalue weighted by molar-refractivity contribution is 5.93. The lowest BCUT2D eigenvalue weighted by Gasteiger charge is -2.39. The van der Waals surface area contributed by atoms with E-state index in [1.165, 1.54) is 37.4 Å². The SMILES string of the molecule is COc1ccc2c(O[C@@H]3O[C@H](CO)[C@H](O)[C@H](O)[C@H]3O)c(OC(=O)c3ccccc3)c(=O)oc2c1. The number of hydrogen-bond acceptors (Lipinski definition) is 11. The van der Waals surface area contributed by atoms with E-state index in [1.54, 1.807) is 18.2 Å². The Morgan fingerprint density at radius 2 is 1.74 bits per heavy atom. The quantitative estimate of drug-likeness (QED) is 0.285. The van der Waals surface area contributed by atoms with E-state index in [4.69, 9.17) is 23.4 Å². The predicted octanol–water partition coefficient (Wildman–Crippen LogP) is 0.199. The standard InChI is InChI=1S/C23H22O11/c1-30-12-7-8-13-14(9-12)31-22(29)20(33-21(28)11-5-3-2-4-6-11)19(13)34-23-18(27)17(26)16(25)15(10-24)32-23/h2-9,15-18,23-27H,10H2,1H3/t15-,16+,17+,18-,23+/m1/s1. The van der Waals surface area contributed by atoms with Gasteiger partial charge in [0, 0.05) is 6.07 Å². The monoisotopic (exact) mass is 474 g/mol. The molecular formula is C23H22O11. The molecule has 4 rings (SSSR count). The first-order chi connectivity index (χ1) is 16.3. The van der Waals surface area contributed by atoms with E-state index in [0.29, 0.717) is 5.75 Å². The van der Waals surface area contributed by atoms with Crippen LogP contribution >= 0.6 is 0 Å². The van der Waals surface area contributed by atoms with Crippen LogP contribution in [0.4, 0.5) is 0 Å². The molecule has 11 nitrogen and oxygen atoms in total. The second-order valence-corrected chi connectivity index (χ2v) is 7.48. The number of hydrogen-bond donors (Lipinski definition) is 4. The number of aliphatic hydroxyl groups is 4. The lowest BCUT2D eigenvalue weighted by Crippen LogP contribution is -2.60. The molecule has 0 aliphatic carbocycles. The van der Waals surface area contributed by atoms with Crippen molar-refractivity contribution < 1.29 is 48.6 Å². The number of rotatable bonds is 6. The van der Waals surface area contributed by atoms with Crippen molar-refractivity contribution in [2.45, 2.75) is 30.7 Å². The third-order valence-electron chi connectivity index (χ3n) is 5.31. The molecule has 1 saturated heterocycles. The summed E-state index contributed by atoms with van der Waals surface area (Å²) in [5.74, 6) is -1.45. The maximum absolute atomic E-state index is 12.8. The van der Waals surface area contributed by atoms with E-state index in [2.05, 4.69) is 0 Å². The highest BCUT2D eigenvalue weighted by atomic mass is 16.7. The van der Waals surface area contributed by atoms with E-state index >= 15 is 0 Å². The maximum atomic E-state index is 12.8. The average Bonchev–Trinajstić information content (AvgIpc) is 2.86. The lowest BCUT2D eigenvalue weighted by atomic mass is 9.99. The van der Waals surface area contributed by atoms with Crippen LogP contribution in [0.15, 0.2) is 57.7 Å². The summed E-state index contributed by atoms with van der Waals surface area (Å²) in [6.07, 6.45) is -8.01. The van der Waals surface area contributed by atoms with Crippen LogP contribution in [0, 0.1) is 0 Å². The Labute approximate surface area is 192 Å². The summed E-state index contributed by atoms with van der Waals surface area (Å²) in [7, 11) is 1.42. The molecule has 34 heavy (non-hydrogen) atoms. The number of ether oxygens (including phenoxy) is 4. The summed E-state index contributed by atoms with van der Waals surface area (Å²) >= 11 is 0. The van der Waals surface area contributed by atoms with Gasteiger partial charge in [-0.3, -0.25) is 0 Å². The molecule has 2 aromatic carbocycles. The van der Waals surface area contributed by atoms with Gasteiger partial charge in [0.1, 0.15) is 35.7 Å². The zero-order chi connectivity index (χ0) is 24.4. The number of aliphatic hydroxyl groups excluding tert-OH is 4. The molecule has 0 radical (unpaired) electrons. The summed E-state index contributed by atoms with van der Waals surface area (Å²) < 4.78 is 26.8. The van der Waals surface area contributed by atoms with E-state index in [0.717, 1.165) is 0 Å². The molecule has 2 heterocycles. The molecule has 1 aliphatic rings. The van der Waals surface area contributed by atoms with Gasteiger partial charge < -0.3 is 43.8 Å². The summed E-state index contributed by atoms with van der Waals surface area (Å²) in [4.78, 5) is 25.4. The maximum Gasteiger partial charge on any atom is 0.383 e. The van der Waals surface area contributed by atoms with Crippen molar-refractivity contribution in [3.63, 3.8) is 0 Å². The number of benzene rings is 2. The fourth-order valence-electron chi connectivity index (χ4n) is 3.47. The Balaban J connectivity index is 1.79. The van der Waals surface area contributed by atoms with Crippen LogP contribution in [0.2, 0.25) is 0 Å². The largest absolute Gasteiger partial charge is 0.497 e. The Morgan fingerprint density at radius 3 is 2.41 bits per heavy atom. The van der Waals surface area contributed by atoms with Crippen molar-refractivity contribution in [2.24, 2.45) is 0 Å². The third kappa shape index (κ3) is 4.47. The molecule has 0 unspecified atom stereocenters. The van der Waals surface area contributed by atoms with Crippen LogP contribution in [-0.2, 0) is 4.74 Å². The van der Waals surface area contributed by atoms with Gasteiger partial charge in [-0.25, -0.2) is 9.59 Å².